The molecule has 0 saturated heterocycles. The van der Waals surface area contributed by atoms with Crippen LogP contribution in [0.5, 0.6) is 0 Å². The van der Waals surface area contributed by atoms with Crippen LogP contribution in [0.2, 0.25) is 0 Å². The Labute approximate surface area is 370 Å². The maximum Gasteiger partial charge on any atom is 0.0541 e. The highest BCUT2D eigenvalue weighted by molar-refractivity contribution is 7.26. The summed E-state index contributed by atoms with van der Waals surface area (Å²) in [5.74, 6) is 0. The Morgan fingerprint density at radius 3 is 1.52 bits per heavy atom. The van der Waals surface area contributed by atoms with Crippen molar-refractivity contribution in [3.8, 4) is 50.2 Å². The molecular weight excluding hydrogens is 781 g/mol. The van der Waals surface area contributed by atoms with E-state index < -0.39 is 0 Å². The molecule has 0 atom stereocenters. The summed E-state index contributed by atoms with van der Waals surface area (Å²) in [4.78, 5) is 2.46. The van der Waals surface area contributed by atoms with Crippen LogP contribution >= 0.6 is 11.3 Å². The van der Waals surface area contributed by atoms with E-state index in [1.807, 2.05) is 11.3 Å². The minimum atomic E-state index is 1.09. The molecule has 12 aromatic rings. The first-order valence-corrected chi connectivity index (χ1v) is 22.3. The zero-order chi connectivity index (χ0) is 41.7. The lowest BCUT2D eigenvalue weighted by Gasteiger charge is -2.29. The number of nitrogens with zero attached hydrogens (tertiary/aromatic N) is 2. The van der Waals surface area contributed by atoms with E-state index >= 15 is 0 Å². The van der Waals surface area contributed by atoms with Gasteiger partial charge in [-0.25, -0.2) is 0 Å². The number of hydrogen-bond donors (Lipinski definition) is 0. The zero-order valence-corrected chi connectivity index (χ0v) is 35.2. The van der Waals surface area contributed by atoms with E-state index in [-0.39, 0.29) is 0 Å². The van der Waals surface area contributed by atoms with Crippen LogP contribution < -0.4 is 4.90 Å². The third-order valence-electron chi connectivity index (χ3n) is 12.4. The van der Waals surface area contributed by atoms with E-state index in [9.17, 15) is 0 Å². The summed E-state index contributed by atoms with van der Waals surface area (Å²) in [6.07, 6.45) is 0. The van der Waals surface area contributed by atoms with Crippen LogP contribution in [0.3, 0.4) is 0 Å². The molecule has 2 aromatic heterocycles. The third kappa shape index (κ3) is 6.50. The van der Waals surface area contributed by atoms with E-state index in [4.69, 9.17) is 0 Å². The van der Waals surface area contributed by atoms with E-state index in [0.29, 0.717) is 0 Å². The second kappa shape index (κ2) is 15.5. The SMILES string of the molecule is c1ccc(-c2ccc(-c3ccccc3N(c3ccc(-c4ccccc4)cc3)c3cc(-c4cccc(-n5c6ccccc6c6ccccc65)c4)c4sc5ccccc5c4c3)cc2)cc1. The summed E-state index contributed by atoms with van der Waals surface area (Å²) >= 11 is 1.88. The zero-order valence-electron chi connectivity index (χ0n) is 34.4. The molecule has 63 heavy (non-hydrogen) atoms. The Hall–Kier alpha value is -7.98. The lowest BCUT2D eigenvalue weighted by Crippen LogP contribution is -2.11. The predicted molar refractivity (Wildman–Crippen MR) is 270 cm³/mol. The van der Waals surface area contributed by atoms with Gasteiger partial charge < -0.3 is 9.47 Å². The first-order chi connectivity index (χ1) is 31.2. The van der Waals surface area contributed by atoms with Gasteiger partial charge in [-0.15, -0.1) is 11.3 Å². The van der Waals surface area contributed by atoms with E-state index in [1.165, 1.54) is 75.4 Å². The standard InChI is InChI=1S/C60H40N2S/c1-3-16-41(17-4-1)43-30-32-45(33-31-43)50-22-7-11-26-56(50)61(47-36-34-44(35-37-47)42-18-5-2-6-19-42)49-39-54(60-55(40-49)53-25-10-14-29-59(53)63-60)46-20-15-21-48(38-46)62-57-27-12-8-23-51(57)52-24-9-13-28-58(52)62/h1-40H. The van der Waals surface area contributed by atoms with Crippen LogP contribution in [-0.2, 0) is 0 Å². The molecule has 0 N–H and O–H groups in total. The summed E-state index contributed by atoms with van der Waals surface area (Å²) in [6, 6.07) is 88.5. The number of thiophene rings is 1. The van der Waals surface area contributed by atoms with Crippen molar-refractivity contribution in [2.24, 2.45) is 0 Å². The average molecular weight is 821 g/mol. The van der Waals surface area contributed by atoms with Gasteiger partial charge in [0.15, 0.2) is 0 Å². The van der Waals surface area contributed by atoms with Crippen molar-refractivity contribution >= 4 is 70.4 Å². The molecule has 0 saturated carbocycles. The van der Waals surface area contributed by atoms with Crippen molar-refractivity contribution in [3.05, 3.63) is 243 Å². The molecule has 0 unspecified atom stereocenters. The van der Waals surface area contributed by atoms with Crippen molar-refractivity contribution in [2.75, 3.05) is 4.90 Å². The molecule has 0 aliphatic carbocycles. The summed E-state index contributed by atoms with van der Waals surface area (Å²) in [7, 11) is 0. The van der Waals surface area contributed by atoms with Gasteiger partial charge in [0.2, 0.25) is 0 Å². The van der Waals surface area contributed by atoms with Crippen LogP contribution in [0, 0.1) is 0 Å². The average Bonchev–Trinajstić information content (AvgIpc) is 3.91. The maximum atomic E-state index is 2.46. The molecule has 0 bridgehead atoms. The Kier molecular flexibility index (Phi) is 9.06. The third-order valence-corrected chi connectivity index (χ3v) is 13.6. The largest absolute Gasteiger partial charge is 0.310 e. The van der Waals surface area contributed by atoms with Crippen molar-refractivity contribution in [1.29, 1.82) is 0 Å². The fourth-order valence-electron chi connectivity index (χ4n) is 9.41. The molecule has 0 fully saturated rings. The molecule has 2 heterocycles. The first kappa shape index (κ1) is 36.8. The fraction of sp³-hybridized carbons (Fsp3) is 0. The van der Waals surface area contributed by atoms with Crippen molar-refractivity contribution < 1.29 is 0 Å². The quantitative estimate of drug-likeness (QED) is 0.148. The molecule has 0 aliphatic heterocycles. The Morgan fingerprint density at radius 1 is 0.317 bits per heavy atom. The first-order valence-electron chi connectivity index (χ1n) is 21.5. The van der Waals surface area contributed by atoms with Gasteiger partial charge in [-0.05, 0) is 94.0 Å². The monoisotopic (exact) mass is 820 g/mol. The van der Waals surface area contributed by atoms with Crippen molar-refractivity contribution in [1.82, 2.24) is 4.57 Å². The van der Waals surface area contributed by atoms with Gasteiger partial charge in [0.25, 0.3) is 0 Å². The fourth-order valence-corrected chi connectivity index (χ4v) is 10.6. The molecular formula is C60H40N2S. The van der Waals surface area contributed by atoms with E-state index in [2.05, 4.69) is 252 Å². The topological polar surface area (TPSA) is 8.17 Å². The van der Waals surface area contributed by atoms with Crippen LogP contribution in [0.15, 0.2) is 243 Å². The highest BCUT2D eigenvalue weighted by Crippen LogP contribution is 2.48. The minimum absolute atomic E-state index is 1.09. The second-order valence-corrected chi connectivity index (χ2v) is 17.1. The van der Waals surface area contributed by atoms with E-state index in [0.717, 1.165) is 33.9 Å². The normalized spacial score (nSPS) is 11.5. The smallest absolute Gasteiger partial charge is 0.0541 e. The van der Waals surface area contributed by atoms with Gasteiger partial charge in [0, 0.05) is 59.1 Å². The number of aromatic nitrogens is 1. The Balaban J connectivity index is 1.08. The van der Waals surface area contributed by atoms with Gasteiger partial charge in [-0.1, -0.05) is 182 Å². The predicted octanol–water partition coefficient (Wildman–Crippen LogP) is 17.3. The minimum Gasteiger partial charge on any atom is -0.310 e. The van der Waals surface area contributed by atoms with Gasteiger partial charge in [0.05, 0.1) is 16.7 Å². The summed E-state index contributed by atoms with van der Waals surface area (Å²) < 4.78 is 4.98. The van der Waals surface area contributed by atoms with Gasteiger partial charge >= 0.3 is 0 Å². The van der Waals surface area contributed by atoms with Gasteiger partial charge in [0.1, 0.15) is 0 Å². The van der Waals surface area contributed by atoms with Crippen LogP contribution in [0.4, 0.5) is 17.1 Å². The lowest BCUT2D eigenvalue weighted by atomic mass is 9.97. The molecule has 0 aliphatic rings. The number of anilines is 3. The van der Waals surface area contributed by atoms with Crippen molar-refractivity contribution in [3.63, 3.8) is 0 Å². The number of fused-ring (bicyclic) bond motifs is 6. The number of para-hydroxylation sites is 3. The molecule has 12 rings (SSSR count). The number of hydrogen-bond acceptors (Lipinski definition) is 2. The molecule has 0 amide bonds. The second-order valence-electron chi connectivity index (χ2n) is 16.1. The van der Waals surface area contributed by atoms with Crippen LogP contribution in [0.25, 0.3) is 92.2 Å². The molecule has 2 nitrogen and oxygen atoms in total. The van der Waals surface area contributed by atoms with E-state index in [1.54, 1.807) is 0 Å². The Morgan fingerprint density at radius 2 is 0.841 bits per heavy atom. The summed E-state index contributed by atoms with van der Waals surface area (Å²) in [6.45, 7) is 0. The number of benzene rings is 10. The number of rotatable bonds is 8. The molecule has 10 aromatic carbocycles. The van der Waals surface area contributed by atoms with Gasteiger partial charge in [-0.3, -0.25) is 0 Å². The van der Waals surface area contributed by atoms with Crippen molar-refractivity contribution in [2.45, 2.75) is 0 Å². The molecule has 0 radical (unpaired) electrons. The lowest BCUT2D eigenvalue weighted by molar-refractivity contribution is 1.18. The van der Waals surface area contributed by atoms with Gasteiger partial charge in [-0.2, -0.15) is 0 Å². The summed E-state index contributed by atoms with van der Waals surface area (Å²) in [5, 5.41) is 5.04. The Bertz CT molecular complexity index is 3550. The molecule has 3 heteroatoms. The molecule has 296 valence electrons. The maximum absolute atomic E-state index is 2.46. The van der Waals surface area contributed by atoms with Crippen LogP contribution in [-0.4, -0.2) is 4.57 Å². The summed E-state index contributed by atoms with van der Waals surface area (Å²) in [5.41, 5.74) is 16.4. The highest BCUT2D eigenvalue weighted by atomic mass is 32.1. The molecule has 0 spiro atoms. The van der Waals surface area contributed by atoms with Crippen LogP contribution in [0.1, 0.15) is 0 Å². The highest BCUT2D eigenvalue weighted by Gasteiger charge is 2.22.